The quantitative estimate of drug-likeness (QED) is 0.525. The maximum Gasteiger partial charge on any atom is 0.326 e. The Morgan fingerprint density at radius 1 is 1.33 bits per heavy atom. The van der Waals surface area contributed by atoms with Crippen molar-refractivity contribution in [3.8, 4) is 0 Å². The highest BCUT2D eigenvalue weighted by molar-refractivity contribution is 5.81. The van der Waals surface area contributed by atoms with Crippen LogP contribution in [0.3, 0.4) is 0 Å². The minimum absolute atomic E-state index is 0.0569. The van der Waals surface area contributed by atoms with Crippen LogP contribution in [0.15, 0.2) is 0 Å². The largest absolute Gasteiger partial charge is 0.465 e. The Labute approximate surface area is 130 Å². The fraction of sp³-hybridized carbons (Fsp3) is 0.941. The van der Waals surface area contributed by atoms with Gasteiger partial charge in [0.1, 0.15) is 5.54 Å². The molecule has 21 heavy (non-hydrogen) atoms. The van der Waals surface area contributed by atoms with Crippen molar-refractivity contribution in [2.75, 3.05) is 26.7 Å². The van der Waals surface area contributed by atoms with E-state index in [-0.39, 0.29) is 5.97 Å². The first-order valence-electron chi connectivity index (χ1n) is 8.72. The number of likely N-dealkylation sites (N-methyl/N-ethyl adjacent to an activating group) is 1. The number of nitrogens with zero attached hydrogens (tertiary/aromatic N) is 1. The summed E-state index contributed by atoms with van der Waals surface area (Å²) in [6, 6.07) is 0.485. The van der Waals surface area contributed by atoms with E-state index < -0.39 is 5.54 Å². The van der Waals surface area contributed by atoms with Crippen LogP contribution in [0.4, 0.5) is 0 Å². The Bertz CT molecular complexity index is 305. The molecule has 1 rings (SSSR count). The van der Waals surface area contributed by atoms with E-state index in [2.05, 4.69) is 31.1 Å². The summed E-state index contributed by atoms with van der Waals surface area (Å²) in [5, 5.41) is 3.43. The number of ether oxygens (including phenoxy) is 1. The highest BCUT2D eigenvalue weighted by Crippen LogP contribution is 2.32. The van der Waals surface area contributed by atoms with Gasteiger partial charge in [0.05, 0.1) is 6.61 Å². The number of carbonyl (C=O) groups excluding carboxylic acids is 1. The monoisotopic (exact) mass is 298 g/mol. The van der Waals surface area contributed by atoms with Crippen LogP contribution in [0.1, 0.15) is 65.7 Å². The maximum atomic E-state index is 12.4. The van der Waals surface area contributed by atoms with Crippen LogP contribution >= 0.6 is 0 Å². The fourth-order valence-corrected chi connectivity index (χ4v) is 3.44. The molecule has 0 radical (unpaired) electrons. The van der Waals surface area contributed by atoms with Gasteiger partial charge in [-0.2, -0.15) is 0 Å². The van der Waals surface area contributed by atoms with E-state index in [0.29, 0.717) is 12.6 Å². The lowest BCUT2D eigenvalue weighted by Crippen LogP contribution is -2.58. The molecule has 1 aliphatic carbocycles. The normalized spacial score (nSPS) is 26.0. The van der Waals surface area contributed by atoms with Crippen LogP contribution in [0, 0.1) is 0 Å². The molecule has 0 aromatic rings. The summed E-state index contributed by atoms with van der Waals surface area (Å²) < 4.78 is 5.34. The highest BCUT2D eigenvalue weighted by atomic mass is 16.5. The van der Waals surface area contributed by atoms with E-state index in [1.807, 2.05) is 6.92 Å². The number of nitrogens with one attached hydrogen (secondary N) is 1. The zero-order chi connectivity index (χ0) is 15.7. The first-order valence-corrected chi connectivity index (χ1v) is 8.72. The van der Waals surface area contributed by atoms with Crippen molar-refractivity contribution in [2.45, 2.75) is 77.3 Å². The lowest BCUT2D eigenvalue weighted by Gasteiger charge is -2.42. The minimum Gasteiger partial charge on any atom is -0.465 e. The molecule has 2 unspecified atom stereocenters. The highest BCUT2D eigenvalue weighted by Gasteiger charge is 2.44. The Morgan fingerprint density at radius 3 is 2.71 bits per heavy atom. The van der Waals surface area contributed by atoms with Gasteiger partial charge in [-0.05, 0) is 59.2 Å². The van der Waals surface area contributed by atoms with Gasteiger partial charge in [-0.25, -0.2) is 0 Å². The second-order valence-electron chi connectivity index (χ2n) is 6.27. The van der Waals surface area contributed by atoms with Crippen molar-refractivity contribution >= 4 is 5.97 Å². The van der Waals surface area contributed by atoms with Gasteiger partial charge < -0.3 is 15.0 Å². The number of hydrogen-bond donors (Lipinski definition) is 1. The predicted octanol–water partition coefficient (Wildman–Crippen LogP) is 2.96. The SMILES string of the molecule is CCCCCN(C)C1CCCC(NCC)(C(=O)OCC)C1. The molecular formula is C17H34N2O2. The maximum absolute atomic E-state index is 12.4. The standard InChI is InChI=1S/C17H34N2O2/c1-5-8-9-13-19(4)15-11-10-12-17(14-15,18-6-2)16(20)21-7-3/h15,18H,5-14H2,1-4H3. The van der Waals surface area contributed by atoms with E-state index in [0.717, 1.165) is 32.4 Å². The molecule has 0 aliphatic heterocycles. The van der Waals surface area contributed by atoms with Crippen molar-refractivity contribution in [3.05, 3.63) is 0 Å². The molecule has 0 heterocycles. The first-order chi connectivity index (χ1) is 10.1. The smallest absolute Gasteiger partial charge is 0.326 e. The molecule has 0 amide bonds. The van der Waals surface area contributed by atoms with Gasteiger partial charge in [0.15, 0.2) is 0 Å². The number of rotatable bonds is 9. The predicted molar refractivity (Wildman–Crippen MR) is 87.5 cm³/mol. The lowest BCUT2D eigenvalue weighted by molar-refractivity contribution is -0.153. The molecule has 0 aromatic heterocycles. The molecule has 124 valence electrons. The van der Waals surface area contributed by atoms with Gasteiger partial charge in [0, 0.05) is 6.04 Å². The van der Waals surface area contributed by atoms with Crippen molar-refractivity contribution in [1.29, 1.82) is 0 Å². The number of hydrogen-bond acceptors (Lipinski definition) is 4. The average molecular weight is 298 g/mol. The first kappa shape index (κ1) is 18.4. The molecule has 0 aromatic carbocycles. The molecule has 1 fully saturated rings. The van der Waals surface area contributed by atoms with Crippen molar-refractivity contribution < 1.29 is 9.53 Å². The zero-order valence-electron chi connectivity index (χ0n) is 14.4. The summed E-state index contributed by atoms with van der Waals surface area (Å²) >= 11 is 0. The molecule has 0 saturated heterocycles. The molecular weight excluding hydrogens is 264 g/mol. The van der Waals surface area contributed by atoms with Gasteiger partial charge in [-0.3, -0.25) is 4.79 Å². The summed E-state index contributed by atoms with van der Waals surface area (Å²) in [7, 11) is 2.20. The third kappa shape index (κ3) is 5.26. The Hall–Kier alpha value is -0.610. The molecule has 0 spiro atoms. The van der Waals surface area contributed by atoms with E-state index in [4.69, 9.17) is 4.74 Å². The summed E-state index contributed by atoms with van der Waals surface area (Å²) in [6.45, 7) is 8.58. The van der Waals surface area contributed by atoms with Crippen LogP contribution in [0.5, 0.6) is 0 Å². The average Bonchev–Trinajstić information content (AvgIpc) is 2.48. The van der Waals surface area contributed by atoms with E-state index in [1.165, 1.54) is 25.7 Å². The van der Waals surface area contributed by atoms with Gasteiger partial charge >= 0.3 is 5.97 Å². The summed E-state index contributed by atoms with van der Waals surface area (Å²) in [6.07, 6.45) is 7.85. The van der Waals surface area contributed by atoms with Gasteiger partial charge in [-0.15, -0.1) is 0 Å². The number of unbranched alkanes of at least 4 members (excludes halogenated alkanes) is 2. The van der Waals surface area contributed by atoms with Gasteiger partial charge in [0.25, 0.3) is 0 Å². The van der Waals surface area contributed by atoms with E-state index >= 15 is 0 Å². The Balaban J connectivity index is 2.66. The van der Waals surface area contributed by atoms with Crippen LogP contribution < -0.4 is 5.32 Å². The lowest BCUT2D eigenvalue weighted by atomic mass is 9.78. The molecule has 4 nitrogen and oxygen atoms in total. The molecule has 1 saturated carbocycles. The van der Waals surface area contributed by atoms with E-state index in [9.17, 15) is 4.79 Å². The summed E-state index contributed by atoms with van der Waals surface area (Å²) in [5.74, 6) is -0.0569. The van der Waals surface area contributed by atoms with Gasteiger partial charge in [0.2, 0.25) is 0 Å². The summed E-state index contributed by atoms with van der Waals surface area (Å²) in [4.78, 5) is 14.9. The van der Waals surface area contributed by atoms with Crippen molar-refractivity contribution in [3.63, 3.8) is 0 Å². The van der Waals surface area contributed by atoms with Gasteiger partial charge in [-0.1, -0.05) is 26.7 Å². The number of esters is 1. The molecule has 1 aliphatic rings. The Morgan fingerprint density at radius 2 is 2.10 bits per heavy atom. The van der Waals surface area contributed by atoms with Crippen molar-refractivity contribution in [2.24, 2.45) is 0 Å². The Kier molecular flexibility index (Phi) is 8.27. The zero-order valence-corrected chi connectivity index (χ0v) is 14.4. The van der Waals surface area contributed by atoms with Crippen LogP contribution in [0.25, 0.3) is 0 Å². The topological polar surface area (TPSA) is 41.6 Å². The van der Waals surface area contributed by atoms with Crippen molar-refractivity contribution in [1.82, 2.24) is 10.2 Å². The number of carbonyl (C=O) groups is 1. The molecule has 2 atom stereocenters. The molecule has 0 bridgehead atoms. The minimum atomic E-state index is -0.466. The molecule has 4 heteroatoms. The second-order valence-corrected chi connectivity index (χ2v) is 6.27. The van der Waals surface area contributed by atoms with Crippen LogP contribution in [-0.4, -0.2) is 49.2 Å². The third-order valence-corrected chi connectivity index (χ3v) is 4.64. The van der Waals surface area contributed by atoms with Crippen LogP contribution in [0.2, 0.25) is 0 Å². The van der Waals surface area contributed by atoms with Crippen LogP contribution in [-0.2, 0) is 9.53 Å². The second kappa shape index (κ2) is 9.42. The fourth-order valence-electron chi connectivity index (χ4n) is 3.44. The summed E-state index contributed by atoms with van der Waals surface area (Å²) in [5.41, 5.74) is -0.466. The molecule has 1 N–H and O–H groups in total. The van der Waals surface area contributed by atoms with E-state index in [1.54, 1.807) is 0 Å². The third-order valence-electron chi connectivity index (χ3n) is 4.64.